The summed E-state index contributed by atoms with van der Waals surface area (Å²) in [6.45, 7) is 14.5. The molecule has 5 heteroatoms. The van der Waals surface area contributed by atoms with Gasteiger partial charge in [-0.2, -0.15) is 0 Å². The molecular weight excluding hydrogens is 472 g/mol. The van der Waals surface area contributed by atoms with E-state index in [9.17, 15) is 4.79 Å². The number of carbonyl (C=O) groups excluding carboxylic acids is 1. The van der Waals surface area contributed by atoms with Gasteiger partial charge in [0.1, 0.15) is 17.6 Å². The summed E-state index contributed by atoms with van der Waals surface area (Å²) in [4.78, 5) is 14.6. The maximum absolute atomic E-state index is 12.1. The molecule has 0 bridgehead atoms. The molecule has 1 saturated heterocycles. The van der Waals surface area contributed by atoms with Crippen molar-refractivity contribution in [2.45, 2.75) is 45.1 Å². The third-order valence-corrected chi connectivity index (χ3v) is 6.94. The van der Waals surface area contributed by atoms with Gasteiger partial charge in [0.15, 0.2) is 0 Å². The lowest BCUT2D eigenvalue weighted by molar-refractivity contribution is -0.118. The van der Waals surface area contributed by atoms with Crippen molar-refractivity contribution in [1.29, 1.82) is 0 Å². The molecule has 1 atom stereocenters. The molecule has 0 aromatic heterocycles. The van der Waals surface area contributed by atoms with Crippen molar-refractivity contribution in [3.8, 4) is 0 Å². The topological polar surface area (TPSA) is 50.8 Å². The summed E-state index contributed by atoms with van der Waals surface area (Å²) in [5, 5.41) is 3.03. The Kier molecular flexibility index (Phi) is 11.4. The Morgan fingerprint density at radius 2 is 1.71 bits per heavy atom. The van der Waals surface area contributed by atoms with Gasteiger partial charge >= 0.3 is 0 Å². The monoisotopic (exact) mass is 514 g/mol. The lowest BCUT2D eigenvalue weighted by Gasteiger charge is -2.33. The van der Waals surface area contributed by atoms with Gasteiger partial charge in [0, 0.05) is 24.6 Å². The van der Waals surface area contributed by atoms with Crippen LogP contribution in [0.3, 0.4) is 0 Å². The summed E-state index contributed by atoms with van der Waals surface area (Å²) in [6, 6.07) is 18.7. The molecule has 1 aliphatic rings. The van der Waals surface area contributed by atoms with Crippen molar-refractivity contribution in [2.75, 3.05) is 32.1 Å². The molecule has 0 saturated carbocycles. The number of nitrogens with one attached hydrogen (secondary N) is 1. The summed E-state index contributed by atoms with van der Waals surface area (Å²) in [5.41, 5.74) is 3.34. The number of benzene rings is 2. The number of anilines is 1. The second kappa shape index (κ2) is 15.0. The highest BCUT2D eigenvalue weighted by atomic mass is 16.5. The maximum atomic E-state index is 12.1. The van der Waals surface area contributed by atoms with Gasteiger partial charge in [-0.05, 0) is 79.4 Å². The normalized spacial score (nSPS) is 16.1. The molecule has 202 valence electrons. The fraction of sp³-hybridized carbons (Fsp3) is 0.364. The van der Waals surface area contributed by atoms with Crippen LogP contribution in [0.2, 0.25) is 0 Å². The highest BCUT2D eigenvalue weighted by Crippen LogP contribution is 2.31. The van der Waals surface area contributed by atoms with E-state index in [0.717, 1.165) is 50.1 Å². The van der Waals surface area contributed by atoms with Crippen LogP contribution in [0.4, 0.5) is 5.69 Å². The first-order valence-electron chi connectivity index (χ1n) is 13.5. The minimum atomic E-state index is -0.0810. The highest BCUT2D eigenvalue weighted by molar-refractivity contribution is 5.92. The van der Waals surface area contributed by atoms with Crippen LogP contribution < -0.4 is 5.32 Å². The summed E-state index contributed by atoms with van der Waals surface area (Å²) < 4.78 is 11.7. The van der Waals surface area contributed by atoms with Gasteiger partial charge < -0.3 is 19.7 Å². The summed E-state index contributed by atoms with van der Waals surface area (Å²) in [6.07, 6.45) is 10.1. The molecule has 1 fully saturated rings. The third-order valence-electron chi connectivity index (χ3n) is 6.94. The van der Waals surface area contributed by atoms with Crippen LogP contribution >= 0.6 is 0 Å². The average molecular weight is 515 g/mol. The van der Waals surface area contributed by atoms with E-state index in [1.54, 1.807) is 19.3 Å². The van der Waals surface area contributed by atoms with Crippen LogP contribution in [0.5, 0.6) is 0 Å². The van der Waals surface area contributed by atoms with Gasteiger partial charge in [0.2, 0.25) is 5.91 Å². The van der Waals surface area contributed by atoms with Gasteiger partial charge in [-0.15, -0.1) is 0 Å². The second-order valence-electron chi connectivity index (χ2n) is 9.94. The van der Waals surface area contributed by atoms with Crippen molar-refractivity contribution in [2.24, 2.45) is 5.92 Å². The van der Waals surface area contributed by atoms with Crippen LogP contribution in [0.1, 0.15) is 56.3 Å². The van der Waals surface area contributed by atoms with Crippen molar-refractivity contribution < 1.29 is 14.3 Å². The Bertz CT molecular complexity index is 1110. The minimum absolute atomic E-state index is 0.0323. The van der Waals surface area contributed by atoms with Crippen LogP contribution in [-0.4, -0.2) is 37.6 Å². The number of amides is 1. The van der Waals surface area contributed by atoms with Crippen LogP contribution in [0.15, 0.2) is 104 Å². The molecule has 0 spiro atoms. The molecule has 1 aliphatic heterocycles. The highest BCUT2D eigenvalue weighted by Gasteiger charge is 2.23. The number of methoxy groups -OCH3 is 1. The number of piperidine rings is 1. The van der Waals surface area contributed by atoms with Crippen molar-refractivity contribution in [3.05, 3.63) is 115 Å². The van der Waals surface area contributed by atoms with E-state index in [2.05, 4.69) is 47.6 Å². The van der Waals surface area contributed by atoms with E-state index >= 15 is 0 Å². The Balaban J connectivity index is 1.60. The van der Waals surface area contributed by atoms with Gasteiger partial charge in [-0.1, -0.05) is 69.5 Å². The molecule has 2 aromatic rings. The summed E-state index contributed by atoms with van der Waals surface area (Å²) in [7, 11) is 1.62. The fourth-order valence-corrected chi connectivity index (χ4v) is 4.61. The number of hydrogen-bond donors (Lipinski definition) is 1. The van der Waals surface area contributed by atoms with E-state index in [1.807, 2.05) is 56.3 Å². The summed E-state index contributed by atoms with van der Waals surface area (Å²) >= 11 is 0. The first-order chi connectivity index (χ1) is 18.4. The van der Waals surface area contributed by atoms with Crippen molar-refractivity contribution in [1.82, 2.24) is 4.90 Å². The van der Waals surface area contributed by atoms with Gasteiger partial charge in [-0.3, -0.25) is 4.79 Å². The standard InChI is InChI=1S/C33H42N2O3/c1-6-30(37-5)16-17-31(7-2)38-32(27-12-9-8-10-13-27)20-23-35-21-18-26(19-22-35)28-14-11-15-29(24-28)34-33(36)25(3)4/h6-17,24-26,32H,1-2,18-23H2,3-5H3,(H,34,36)/b30-16+,31-17+. The zero-order chi connectivity index (χ0) is 27.3. The molecule has 0 radical (unpaired) electrons. The lowest BCUT2D eigenvalue weighted by atomic mass is 9.89. The van der Waals surface area contributed by atoms with Crippen molar-refractivity contribution in [3.63, 3.8) is 0 Å². The molecule has 1 heterocycles. The zero-order valence-electron chi connectivity index (χ0n) is 23.1. The quantitative estimate of drug-likeness (QED) is 0.224. The van der Waals surface area contributed by atoms with Gasteiger partial charge in [0.25, 0.3) is 0 Å². The first kappa shape index (κ1) is 29.0. The Morgan fingerprint density at radius 3 is 2.34 bits per heavy atom. The summed E-state index contributed by atoms with van der Waals surface area (Å²) in [5.74, 6) is 1.89. The fourth-order valence-electron chi connectivity index (χ4n) is 4.61. The van der Waals surface area contributed by atoms with Crippen LogP contribution in [-0.2, 0) is 14.3 Å². The first-order valence-corrected chi connectivity index (χ1v) is 13.5. The van der Waals surface area contributed by atoms with Gasteiger partial charge in [0.05, 0.1) is 7.11 Å². The Hall–Kier alpha value is -3.57. The van der Waals surface area contributed by atoms with Crippen molar-refractivity contribution >= 4 is 11.6 Å². The van der Waals surface area contributed by atoms with E-state index < -0.39 is 0 Å². The second-order valence-corrected chi connectivity index (χ2v) is 9.94. The molecular formula is C33H42N2O3. The smallest absolute Gasteiger partial charge is 0.226 e. The molecule has 1 N–H and O–H groups in total. The number of ether oxygens (including phenoxy) is 2. The molecule has 2 aromatic carbocycles. The molecule has 1 unspecified atom stereocenters. The lowest BCUT2D eigenvalue weighted by Crippen LogP contribution is -2.34. The maximum Gasteiger partial charge on any atom is 0.226 e. The largest absolute Gasteiger partial charge is 0.497 e. The third kappa shape index (κ3) is 8.77. The molecule has 5 nitrogen and oxygen atoms in total. The number of rotatable bonds is 13. The number of hydrogen-bond acceptors (Lipinski definition) is 4. The number of carbonyl (C=O) groups is 1. The Morgan fingerprint density at radius 1 is 1.03 bits per heavy atom. The van der Waals surface area contributed by atoms with E-state index in [-0.39, 0.29) is 17.9 Å². The SMILES string of the molecule is C=C/C(=C\C=C(/C=C)OC(CCN1CCC(c2cccc(NC(=O)C(C)C)c2)CC1)c1ccccc1)OC. The molecule has 1 amide bonds. The molecule has 3 rings (SSSR count). The van der Waals surface area contributed by atoms with E-state index in [4.69, 9.17) is 9.47 Å². The predicted molar refractivity (Wildman–Crippen MR) is 157 cm³/mol. The average Bonchev–Trinajstić information content (AvgIpc) is 2.95. The number of likely N-dealkylation sites (tertiary alicyclic amines) is 1. The number of nitrogens with zero attached hydrogens (tertiary/aromatic N) is 1. The van der Waals surface area contributed by atoms with E-state index in [0.29, 0.717) is 17.4 Å². The minimum Gasteiger partial charge on any atom is -0.497 e. The van der Waals surface area contributed by atoms with Crippen LogP contribution in [0, 0.1) is 5.92 Å². The van der Waals surface area contributed by atoms with Crippen LogP contribution in [0.25, 0.3) is 0 Å². The molecule has 0 aliphatic carbocycles. The van der Waals surface area contributed by atoms with E-state index in [1.165, 1.54) is 5.56 Å². The van der Waals surface area contributed by atoms with Gasteiger partial charge in [-0.25, -0.2) is 0 Å². The predicted octanol–water partition coefficient (Wildman–Crippen LogP) is 7.39. The Labute approximate surface area is 228 Å². The zero-order valence-corrected chi connectivity index (χ0v) is 23.1. The molecule has 38 heavy (non-hydrogen) atoms. The number of allylic oxidation sites excluding steroid dienone is 4.